The van der Waals surface area contributed by atoms with Gasteiger partial charge in [-0.1, -0.05) is 23.7 Å². The molecule has 3 rings (SSSR count). The van der Waals surface area contributed by atoms with Crippen molar-refractivity contribution < 1.29 is 17.6 Å². The van der Waals surface area contributed by atoms with Gasteiger partial charge < -0.3 is 5.32 Å². The number of rotatable bonds is 6. The molecule has 0 saturated carbocycles. The molecule has 2 aromatic rings. The summed E-state index contributed by atoms with van der Waals surface area (Å²) in [6, 6.07) is 11.9. The molecule has 0 aliphatic carbocycles. The second-order valence-corrected chi connectivity index (χ2v) is 9.35. The summed E-state index contributed by atoms with van der Waals surface area (Å²) in [4.78, 5) is 14.4. The van der Waals surface area contributed by atoms with Crippen LogP contribution in [0.1, 0.15) is 18.5 Å². The van der Waals surface area contributed by atoms with E-state index in [1.54, 1.807) is 24.3 Å². The largest absolute Gasteiger partial charge is 0.348 e. The topological polar surface area (TPSA) is 69.7 Å². The fourth-order valence-electron chi connectivity index (χ4n) is 3.21. The van der Waals surface area contributed by atoms with Gasteiger partial charge in [0.15, 0.2) is 0 Å². The van der Waals surface area contributed by atoms with Crippen LogP contribution in [0.4, 0.5) is 4.39 Å². The normalized spacial score (nSPS) is 17.1. The van der Waals surface area contributed by atoms with Gasteiger partial charge in [-0.25, -0.2) is 12.8 Å². The average molecular weight is 440 g/mol. The highest BCUT2D eigenvalue weighted by Gasteiger charge is 2.29. The lowest BCUT2D eigenvalue weighted by molar-refractivity contribution is -0.123. The van der Waals surface area contributed by atoms with Gasteiger partial charge in [0.1, 0.15) is 5.82 Å². The Bertz CT molecular complexity index is 944. The smallest absolute Gasteiger partial charge is 0.243 e. The summed E-state index contributed by atoms with van der Waals surface area (Å²) in [5.74, 6) is -0.477. The van der Waals surface area contributed by atoms with Gasteiger partial charge in [-0.3, -0.25) is 9.69 Å². The lowest BCUT2D eigenvalue weighted by atomic mass is 10.1. The first-order chi connectivity index (χ1) is 13.8. The summed E-state index contributed by atoms with van der Waals surface area (Å²) in [6.07, 6.45) is 0. The first-order valence-corrected chi connectivity index (χ1v) is 11.1. The molecule has 1 aliphatic rings. The van der Waals surface area contributed by atoms with E-state index < -0.39 is 10.0 Å². The van der Waals surface area contributed by atoms with E-state index >= 15 is 0 Å². The highest BCUT2D eigenvalue weighted by Crippen LogP contribution is 2.20. The van der Waals surface area contributed by atoms with Gasteiger partial charge in [-0.15, -0.1) is 0 Å². The third kappa shape index (κ3) is 5.54. The molecule has 1 heterocycles. The maximum absolute atomic E-state index is 13.0. The lowest BCUT2D eigenvalue weighted by Gasteiger charge is -2.33. The van der Waals surface area contributed by atoms with Crippen LogP contribution in [0.25, 0.3) is 0 Å². The number of benzene rings is 2. The molecule has 0 bridgehead atoms. The summed E-state index contributed by atoms with van der Waals surface area (Å²) >= 11 is 5.83. The van der Waals surface area contributed by atoms with E-state index in [-0.39, 0.29) is 29.2 Å². The first-order valence-electron chi connectivity index (χ1n) is 9.28. The van der Waals surface area contributed by atoms with Crippen molar-refractivity contribution in [2.45, 2.75) is 17.9 Å². The molecule has 9 heteroatoms. The molecule has 1 aliphatic heterocycles. The Morgan fingerprint density at radius 2 is 1.66 bits per heavy atom. The molecule has 1 fully saturated rings. The summed E-state index contributed by atoms with van der Waals surface area (Å²) in [5.41, 5.74) is 0.818. The summed E-state index contributed by atoms with van der Waals surface area (Å²) < 4.78 is 39.9. The Morgan fingerprint density at radius 3 is 2.24 bits per heavy atom. The Kier molecular flexibility index (Phi) is 6.89. The van der Waals surface area contributed by atoms with E-state index in [1.807, 2.05) is 11.8 Å². The van der Waals surface area contributed by atoms with Crippen LogP contribution in [0.2, 0.25) is 5.02 Å². The van der Waals surface area contributed by atoms with Crippen LogP contribution in [-0.4, -0.2) is 56.3 Å². The number of carbonyl (C=O) groups excluding carboxylic acids is 1. The summed E-state index contributed by atoms with van der Waals surface area (Å²) in [6.45, 7) is 3.57. The minimum absolute atomic E-state index is 0.157. The average Bonchev–Trinajstić information content (AvgIpc) is 2.69. The van der Waals surface area contributed by atoms with E-state index in [9.17, 15) is 17.6 Å². The number of nitrogens with zero attached hydrogens (tertiary/aromatic N) is 2. The molecule has 6 nitrogen and oxygen atoms in total. The molecule has 1 amide bonds. The van der Waals surface area contributed by atoms with Crippen LogP contribution in [0.3, 0.4) is 0 Å². The number of hydrogen-bond donors (Lipinski definition) is 1. The van der Waals surface area contributed by atoms with Crippen LogP contribution < -0.4 is 5.32 Å². The van der Waals surface area contributed by atoms with Gasteiger partial charge in [0, 0.05) is 31.2 Å². The fraction of sp³-hybridized carbons (Fsp3) is 0.350. The van der Waals surface area contributed by atoms with Gasteiger partial charge in [0.25, 0.3) is 0 Å². The highest BCUT2D eigenvalue weighted by molar-refractivity contribution is 7.89. The molecular weight excluding hydrogens is 417 g/mol. The summed E-state index contributed by atoms with van der Waals surface area (Å²) in [5, 5.41) is 3.37. The number of piperazine rings is 1. The Balaban J connectivity index is 1.51. The van der Waals surface area contributed by atoms with Gasteiger partial charge in [-0.2, -0.15) is 4.31 Å². The quantitative estimate of drug-likeness (QED) is 0.751. The molecule has 156 valence electrons. The maximum Gasteiger partial charge on any atom is 0.243 e. The van der Waals surface area contributed by atoms with Crippen LogP contribution in [0.15, 0.2) is 53.4 Å². The Labute approximate surface area is 175 Å². The molecule has 1 unspecified atom stereocenters. The van der Waals surface area contributed by atoms with Crippen molar-refractivity contribution in [3.8, 4) is 0 Å². The molecule has 0 aromatic heterocycles. The van der Waals surface area contributed by atoms with Crippen molar-refractivity contribution in [2.75, 3.05) is 32.7 Å². The van der Waals surface area contributed by atoms with Crippen molar-refractivity contribution in [2.24, 2.45) is 0 Å². The van der Waals surface area contributed by atoms with Gasteiger partial charge in [0.05, 0.1) is 17.5 Å². The molecule has 2 aromatic carbocycles. The zero-order valence-corrected chi connectivity index (χ0v) is 17.6. The van der Waals surface area contributed by atoms with Crippen LogP contribution in [0, 0.1) is 5.82 Å². The van der Waals surface area contributed by atoms with E-state index in [0.29, 0.717) is 31.2 Å². The number of nitrogens with one attached hydrogen (secondary N) is 1. The number of hydrogen-bond acceptors (Lipinski definition) is 4. The van der Waals surface area contributed by atoms with Crippen LogP contribution in [0.5, 0.6) is 0 Å². The number of halogens is 2. The lowest BCUT2D eigenvalue weighted by Crippen LogP contribution is -2.51. The fourth-order valence-corrected chi connectivity index (χ4v) is 4.76. The molecule has 1 atom stereocenters. The van der Waals surface area contributed by atoms with Gasteiger partial charge in [-0.05, 0) is 48.9 Å². The van der Waals surface area contributed by atoms with E-state index in [4.69, 9.17) is 11.6 Å². The van der Waals surface area contributed by atoms with Gasteiger partial charge >= 0.3 is 0 Å². The third-order valence-corrected chi connectivity index (χ3v) is 7.06. The predicted molar refractivity (Wildman–Crippen MR) is 110 cm³/mol. The van der Waals surface area contributed by atoms with Crippen molar-refractivity contribution in [1.29, 1.82) is 0 Å². The number of carbonyl (C=O) groups is 1. The predicted octanol–water partition coefficient (Wildman–Crippen LogP) is 2.66. The maximum atomic E-state index is 13.0. The SMILES string of the molecule is CC(NC(=O)CN1CCN(S(=O)(=O)c2ccc(Cl)cc2)CC1)c1ccc(F)cc1. The number of sulfonamides is 1. The van der Waals surface area contributed by atoms with Crippen molar-refractivity contribution in [3.63, 3.8) is 0 Å². The monoisotopic (exact) mass is 439 g/mol. The summed E-state index contributed by atoms with van der Waals surface area (Å²) in [7, 11) is -3.57. The molecule has 0 radical (unpaired) electrons. The van der Waals surface area contributed by atoms with E-state index in [1.165, 1.54) is 28.6 Å². The molecule has 0 spiro atoms. The van der Waals surface area contributed by atoms with E-state index in [2.05, 4.69) is 5.32 Å². The standard InChI is InChI=1S/C20H23ClFN3O3S/c1-15(16-2-6-18(22)7-3-16)23-20(26)14-24-10-12-25(13-11-24)29(27,28)19-8-4-17(21)5-9-19/h2-9,15H,10-14H2,1H3,(H,23,26). The van der Waals surface area contributed by atoms with Crippen molar-refractivity contribution in [3.05, 3.63) is 64.9 Å². The number of amides is 1. The zero-order valence-electron chi connectivity index (χ0n) is 16.0. The molecule has 1 N–H and O–H groups in total. The van der Waals surface area contributed by atoms with Crippen molar-refractivity contribution in [1.82, 2.24) is 14.5 Å². The second-order valence-electron chi connectivity index (χ2n) is 6.97. The second kappa shape index (κ2) is 9.21. The van der Waals surface area contributed by atoms with Crippen LogP contribution >= 0.6 is 11.6 Å². The third-order valence-electron chi connectivity index (χ3n) is 4.90. The van der Waals surface area contributed by atoms with Crippen molar-refractivity contribution >= 4 is 27.5 Å². The Morgan fingerprint density at radius 1 is 1.07 bits per heavy atom. The highest BCUT2D eigenvalue weighted by atomic mass is 35.5. The van der Waals surface area contributed by atoms with E-state index in [0.717, 1.165) is 5.56 Å². The van der Waals surface area contributed by atoms with Crippen LogP contribution in [-0.2, 0) is 14.8 Å². The van der Waals surface area contributed by atoms with Gasteiger partial charge in [0.2, 0.25) is 15.9 Å². The minimum atomic E-state index is -3.57. The zero-order chi connectivity index (χ0) is 21.0. The first kappa shape index (κ1) is 21.7. The molecular formula is C20H23ClFN3O3S. The molecule has 29 heavy (non-hydrogen) atoms. The Hall–Kier alpha value is -2.00. The minimum Gasteiger partial charge on any atom is -0.348 e. The molecule has 1 saturated heterocycles.